The standard InChI is InChI=1S/C16H19FN2/c1-3-16(19-4-2)13-7-5-12(6-8-13)14-9-10-18-11-15(14)17/h5-11,16,19H,3-4H2,1-2H3. The number of aromatic nitrogens is 1. The van der Waals surface area contributed by atoms with E-state index < -0.39 is 0 Å². The predicted molar refractivity (Wildman–Crippen MR) is 76.3 cm³/mol. The van der Waals surface area contributed by atoms with Gasteiger partial charge in [-0.1, -0.05) is 38.1 Å². The summed E-state index contributed by atoms with van der Waals surface area (Å²) in [6.07, 6.45) is 3.90. The molecule has 0 saturated carbocycles. The van der Waals surface area contributed by atoms with Crippen LogP contribution in [-0.2, 0) is 0 Å². The van der Waals surface area contributed by atoms with Gasteiger partial charge in [-0.3, -0.25) is 4.98 Å². The minimum absolute atomic E-state index is 0.283. The molecule has 2 nitrogen and oxygen atoms in total. The Labute approximate surface area is 113 Å². The van der Waals surface area contributed by atoms with E-state index in [2.05, 4.69) is 36.3 Å². The van der Waals surface area contributed by atoms with Gasteiger partial charge in [-0.05, 0) is 30.2 Å². The Morgan fingerprint density at radius 2 is 1.89 bits per heavy atom. The van der Waals surface area contributed by atoms with Crippen LogP contribution in [0.3, 0.4) is 0 Å². The van der Waals surface area contributed by atoms with E-state index >= 15 is 0 Å². The van der Waals surface area contributed by atoms with E-state index in [0.29, 0.717) is 11.6 Å². The first-order valence-electron chi connectivity index (χ1n) is 6.69. The molecule has 1 aromatic carbocycles. The van der Waals surface area contributed by atoms with Crippen molar-refractivity contribution in [3.05, 3.63) is 54.1 Å². The van der Waals surface area contributed by atoms with Crippen LogP contribution in [0.2, 0.25) is 0 Å². The first-order chi connectivity index (χ1) is 9.26. The van der Waals surface area contributed by atoms with Crippen LogP contribution in [0.1, 0.15) is 31.9 Å². The molecule has 2 rings (SSSR count). The van der Waals surface area contributed by atoms with Crippen molar-refractivity contribution < 1.29 is 4.39 Å². The summed E-state index contributed by atoms with van der Waals surface area (Å²) in [5, 5.41) is 3.44. The van der Waals surface area contributed by atoms with E-state index in [-0.39, 0.29) is 5.82 Å². The minimum atomic E-state index is -0.283. The van der Waals surface area contributed by atoms with Gasteiger partial charge in [-0.15, -0.1) is 0 Å². The van der Waals surface area contributed by atoms with E-state index in [1.807, 2.05) is 12.1 Å². The Kier molecular flexibility index (Phi) is 4.63. The Morgan fingerprint density at radius 3 is 2.47 bits per heavy atom. The Morgan fingerprint density at radius 1 is 1.16 bits per heavy atom. The molecule has 0 aliphatic heterocycles. The lowest BCUT2D eigenvalue weighted by Crippen LogP contribution is -2.19. The molecule has 0 saturated heterocycles. The lowest BCUT2D eigenvalue weighted by molar-refractivity contribution is 0.537. The van der Waals surface area contributed by atoms with Gasteiger partial charge in [0, 0.05) is 17.8 Å². The van der Waals surface area contributed by atoms with Gasteiger partial charge in [0.05, 0.1) is 6.20 Å². The van der Waals surface area contributed by atoms with Crippen LogP contribution in [-0.4, -0.2) is 11.5 Å². The molecule has 3 heteroatoms. The summed E-state index contributed by atoms with van der Waals surface area (Å²) in [6, 6.07) is 10.1. The van der Waals surface area contributed by atoms with E-state index in [0.717, 1.165) is 18.5 Å². The predicted octanol–water partition coefficient (Wildman–Crippen LogP) is 3.95. The van der Waals surface area contributed by atoms with Gasteiger partial charge in [0.25, 0.3) is 0 Å². The molecular formula is C16H19FN2. The average Bonchev–Trinajstić information content (AvgIpc) is 2.46. The topological polar surface area (TPSA) is 24.9 Å². The molecule has 0 amide bonds. The van der Waals surface area contributed by atoms with Gasteiger partial charge in [0.1, 0.15) is 5.82 Å². The number of rotatable bonds is 5. The van der Waals surface area contributed by atoms with Crippen molar-refractivity contribution >= 4 is 0 Å². The second-order valence-electron chi connectivity index (χ2n) is 4.50. The third kappa shape index (κ3) is 3.18. The monoisotopic (exact) mass is 258 g/mol. The second-order valence-corrected chi connectivity index (χ2v) is 4.50. The van der Waals surface area contributed by atoms with Gasteiger partial charge in [-0.25, -0.2) is 4.39 Å². The molecule has 2 aromatic rings. The van der Waals surface area contributed by atoms with Crippen LogP contribution in [0.4, 0.5) is 4.39 Å². The maximum Gasteiger partial charge on any atom is 0.149 e. The molecule has 0 radical (unpaired) electrons. The number of nitrogens with one attached hydrogen (secondary N) is 1. The summed E-state index contributed by atoms with van der Waals surface area (Å²) in [7, 11) is 0. The van der Waals surface area contributed by atoms with Crippen molar-refractivity contribution in [2.75, 3.05) is 6.54 Å². The van der Waals surface area contributed by atoms with E-state index in [4.69, 9.17) is 0 Å². The van der Waals surface area contributed by atoms with Gasteiger partial charge in [0.2, 0.25) is 0 Å². The van der Waals surface area contributed by atoms with Gasteiger partial charge < -0.3 is 5.32 Å². The highest BCUT2D eigenvalue weighted by Crippen LogP contribution is 2.24. The molecule has 1 atom stereocenters. The van der Waals surface area contributed by atoms with Gasteiger partial charge >= 0.3 is 0 Å². The highest BCUT2D eigenvalue weighted by Gasteiger charge is 2.09. The maximum absolute atomic E-state index is 13.6. The average molecular weight is 258 g/mol. The lowest BCUT2D eigenvalue weighted by Gasteiger charge is -2.16. The zero-order valence-corrected chi connectivity index (χ0v) is 11.4. The number of pyridine rings is 1. The maximum atomic E-state index is 13.6. The molecule has 0 aliphatic carbocycles. The molecule has 1 unspecified atom stereocenters. The molecule has 1 N–H and O–H groups in total. The van der Waals surface area contributed by atoms with E-state index in [1.165, 1.54) is 11.8 Å². The van der Waals surface area contributed by atoms with Crippen LogP contribution in [0, 0.1) is 5.82 Å². The summed E-state index contributed by atoms with van der Waals surface area (Å²) in [5.41, 5.74) is 2.72. The number of benzene rings is 1. The van der Waals surface area contributed by atoms with Crippen LogP contribution in [0.5, 0.6) is 0 Å². The fourth-order valence-corrected chi connectivity index (χ4v) is 2.25. The summed E-state index contributed by atoms with van der Waals surface area (Å²) in [5.74, 6) is -0.283. The summed E-state index contributed by atoms with van der Waals surface area (Å²) in [6.45, 7) is 5.20. The number of hydrogen-bond donors (Lipinski definition) is 1. The molecule has 19 heavy (non-hydrogen) atoms. The van der Waals surface area contributed by atoms with Crippen LogP contribution < -0.4 is 5.32 Å². The van der Waals surface area contributed by atoms with Crippen molar-refractivity contribution in [2.45, 2.75) is 26.3 Å². The molecule has 0 aliphatic rings. The van der Waals surface area contributed by atoms with Crippen LogP contribution in [0.15, 0.2) is 42.7 Å². The highest BCUT2D eigenvalue weighted by atomic mass is 19.1. The van der Waals surface area contributed by atoms with Gasteiger partial charge in [0.15, 0.2) is 0 Å². The third-order valence-corrected chi connectivity index (χ3v) is 3.26. The first-order valence-corrected chi connectivity index (χ1v) is 6.69. The van der Waals surface area contributed by atoms with E-state index in [1.54, 1.807) is 12.3 Å². The Bertz CT molecular complexity index is 523. The molecule has 0 bridgehead atoms. The van der Waals surface area contributed by atoms with Crippen LogP contribution >= 0.6 is 0 Å². The fraction of sp³-hybridized carbons (Fsp3) is 0.312. The largest absolute Gasteiger partial charge is 0.310 e. The lowest BCUT2D eigenvalue weighted by atomic mass is 10.00. The summed E-state index contributed by atoms with van der Waals surface area (Å²) in [4.78, 5) is 3.77. The highest BCUT2D eigenvalue weighted by molar-refractivity contribution is 5.63. The smallest absolute Gasteiger partial charge is 0.149 e. The van der Waals surface area contributed by atoms with Crippen molar-refractivity contribution in [1.29, 1.82) is 0 Å². The van der Waals surface area contributed by atoms with Crippen molar-refractivity contribution in [1.82, 2.24) is 10.3 Å². The third-order valence-electron chi connectivity index (χ3n) is 3.26. The van der Waals surface area contributed by atoms with Gasteiger partial charge in [-0.2, -0.15) is 0 Å². The minimum Gasteiger partial charge on any atom is -0.310 e. The number of halogens is 1. The number of hydrogen-bond acceptors (Lipinski definition) is 2. The van der Waals surface area contributed by atoms with Crippen LogP contribution in [0.25, 0.3) is 11.1 Å². The first kappa shape index (κ1) is 13.7. The van der Waals surface area contributed by atoms with Crippen molar-refractivity contribution in [3.8, 4) is 11.1 Å². The molecule has 100 valence electrons. The van der Waals surface area contributed by atoms with E-state index in [9.17, 15) is 4.39 Å². The zero-order chi connectivity index (χ0) is 13.7. The van der Waals surface area contributed by atoms with Crippen molar-refractivity contribution in [3.63, 3.8) is 0 Å². The second kappa shape index (κ2) is 6.43. The Balaban J connectivity index is 2.26. The fourth-order valence-electron chi connectivity index (χ4n) is 2.25. The summed E-state index contributed by atoms with van der Waals surface area (Å²) < 4.78 is 13.6. The van der Waals surface area contributed by atoms with Crippen molar-refractivity contribution in [2.24, 2.45) is 0 Å². The molecule has 1 aromatic heterocycles. The summed E-state index contributed by atoms with van der Waals surface area (Å²) >= 11 is 0. The quantitative estimate of drug-likeness (QED) is 0.878. The SMILES string of the molecule is CCNC(CC)c1ccc(-c2ccncc2F)cc1. The normalized spacial score (nSPS) is 12.4. The zero-order valence-electron chi connectivity index (χ0n) is 11.4. The molecule has 0 spiro atoms. The molecule has 1 heterocycles. The molecular weight excluding hydrogens is 239 g/mol. The Hall–Kier alpha value is -1.74. The number of nitrogens with zero attached hydrogens (tertiary/aromatic N) is 1. The molecule has 0 fully saturated rings.